The Kier molecular flexibility index (Phi) is 18.8. The van der Waals surface area contributed by atoms with Crippen LogP contribution in [0.3, 0.4) is 0 Å². The molecule has 0 saturated carbocycles. The van der Waals surface area contributed by atoms with Gasteiger partial charge < -0.3 is 30.7 Å². The summed E-state index contributed by atoms with van der Waals surface area (Å²) in [7, 11) is 0. The van der Waals surface area contributed by atoms with E-state index < -0.39 is 29.7 Å². The second-order valence-electron chi connectivity index (χ2n) is 19.1. The van der Waals surface area contributed by atoms with Gasteiger partial charge >= 0.3 is 6.09 Å². The van der Waals surface area contributed by atoms with Crippen molar-refractivity contribution in [2.75, 3.05) is 23.3 Å². The number of aliphatic hydroxyl groups excluding tert-OH is 1. The van der Waals surface area contributed by atoms with Crippen molar-refractivity contribution >= 4 is 73.4 Å². The number of amides is 5. The van der Waals surface area contributed by atoms with Gasteiger partial charge in [0, 0.05) is 50.7 Å². The van der Waals surface area contributed by atoms with Crippen LogP contribution in [0, 0.1) is 12.3 Å². The van der Waals surface area contributed by atoms with Gasteiger partial charge in [0.05, 0.1) is 50.4 Å². The highest BCUT2D eigenvalue weighted by atomic mass is 32.1. The molecule has 3 aromatic heterocycles. The molecule has 0 spiro atoms. The Morgan fingerprint density at radius 3 is 2.19 bits per heavy atom. The Morgan fingerprint density at radius 1 is 0.884 bits per heavy atom. The minimum Gasteiger partial charge on any atom is -0.446 e. The van der Waals surface area contributed by atoms with Crippen molar-refractivity contribution < 1.29 is 33.8 Å². The standard InChI is InChI=1S/C52H68N8O7S2/c1-8-59(51(66)67-33(2)3)39-25-38(29-53-30-39)37-23-24-41-43(26-37)69-50(56-41)58-45(63)18-16-14-12-10-9-11-13-15-17-44(62)57-47(52(5,6)7)49(65)60-31-40(61)27-42(60)48(64)54-28-35-19-21-36(22-20-35)46-34(4)55-32-68-46/h19-26,29-30,32-33,40,42,47,61H,8-18,27-28,31H2,1-7H3,(H,54,64)(H,57,62)(H,56,58,63)/t40-,42+,47-/m1/s1. The normalized spacial score (nSPS) is 15.3. The van der Waals surface area contributed by atoms with Crippen LogP contribution < -0.4 is 20.9 Å². The molecule has 5 aromatic rings. The SMILES string of the molecule is CCN(C(=O)OC(C)C)c1cncc(-c2ccc3nc(NC(=O)CCCCCCCCCCC(=O)N[C@H](C(=O)N4C[C@H](O)C[C@H]4C(=O)NCc4ccc(-c5scnc5C)cc4)C(C)(C)C)sc3c2)c1. The number of anilines is 2. The average molecular weight is 981 g/mol. The number of carbonyl (C=O) groups is 5. The Balaban J connectivity index is 0.858. The largest absolute Gasteiger partial charge is 0.446 e. The molecule has 2 aromatic carbocycles. The maximum absolute atomic E-state index is 14.0. The number of nitrogens with zero attached hydrogens (tertiary/aromatic N) is 5. The summed E-state index contributed by atoms with van der Waals surface area (Å²) in [4.78, 5) is 83.5. The number of carbonyl (C=O) groups excluding carboxylic acids is 5. The van der Waals surface area contributed by atoms with Crippen molar-refractivity contribution in [3.63, 3.8) is 0 Å². The molecule has 15 nitrogen and oxygen atoms in total. The zero-order valence-electron chi connectivity index (χ0n) is 41.0. The second-order valence-corrected chi connectivity index (χ2v) is 21.0. The number of pyridine rings is 1. The van der Waals surface area contributed by atoms with Gasteiger partial charge in [0.1, 0.15) is 12.1 Å². The van der Waals surface area contributed by atoms with E-state index in [9.17, 15) is 29.1 Å². The van der Waals surface area contributed by atoms with Gasteiger partial charge in [-0.3, -0.25) is 29.1 Å². The molecular formula is C52H68N8O7S2. The molecule has 4 heterocycles. The lowest BCUT2D eigenvalue weighted by molar-refractivity contribution is -0.144. The zero-order valence-corrected chi connectivity index (χ0v) is 42.6. The number of rotatable bonds is 22. The van der Waals surface area contributed by atoms with E-state index in [0.717, 1.165) is 88.0 Å². The first kappa shape index (κ1) is 52.6. The summed E-state index contributed by atoms with van der Waals surface area (Å²) in [5, 5.41) is 20.0. The predicted molar refractivity (Wildman–Crippen MR) is 274 cm³/mol. The molecule has 0 aliphatic carbocycles. The van der Waals surface area contributed by atoms with Crippen molar-refractivity contribution in [3.8, 4) is 21.6 Å². The van der Waals surface area contributed by atoms with Crippen LogP contribution in [0.5, 0.6) is 0 Å². The van der Waals surface area contributed by atoms with Gasteiger partial charge in [-0.25, -0.2) is 14.8 Å². The lowest BCUT2D eigenvalue weighted by atomic mass is 9.85. The average Bonchev–Trinajstić information content (AvgIpc) is 4.05. The minimum absolute atomic E-state index is 0.0256. The zero-order chi connectivity index (χ0) is 49.7. The quantitative estimate of drug-likeness (QED) is 0.0485. The number of aliphatic hydroxyl groups is 1. The number of ether oxygens (including phenoxy) is 1. The van der Waals surface area contributed by atoms with E-state index in [-0.39, 0.29) is 49.2 Å². The van der Waals surface area contributed by atoms with Crippen molar-refractivity contribution in [1.82, 2.24) is 30.5 Å². The molecule has 0 bridgehead atoms. The van der Waals surface area contributed by atoms with E-state index in [2.05, 4.69) is 30.9 Å². The van der Waals surface area contributed by atoms with Crippen LogP contribution in [0.15, 0.2) is 66.4 Å². The summed E-state index contributed by atoms with van der Waals surface area (Å²) < 4.78 is 6.33. The summed E-state index contributed by atoms with van der Waals surface area (Å²) >= 11 is 3.00. The monoisotopic (exact) mass is 980 g/mol. The minimum atomic E-state index is -0.860. The van der Waals surface area contributed by atoms with E-state index in [1.54, 1.807) is 28.6 Å². The van der Waals surface area contributed by atoms with Crippen molar-refractivity contribution in [2.24, 2.45) is 5.41 Å². The molecule has 3 atom stereocenters. The summed E-state index contributed by atoms with van der Waals surface area (Å²) in [5.74, 6) is -0.978. The number of hydrogen-bond donors (Lipinski definition) is 4. The fourth-order valence-electron chi connectivity index (χ4n) is 8.40. The summed E-state index contributed by atoms with van der Waals surface area (Å²) in [6, 6.07) is 14.0. The number of benzene rings is 2. The van der Waals surface area contributed by atoms with E-state index in [1.165, 1.54) is 16.2 Å². The molecule has 1 aliphatic rings. The van der Waals surface area contributed by atoms with Gasteiger partial charge in [0.25, 0.3) is 0 Å². The Morgan fingerprint density at radius 2 is 1.55 bits per heavy atom. The highest BCUT2D eigenvalue weighted by molar-refractivity contribution is 7.22. The first-order chi connectivity index (χ1) is 33.0. The third-order valence-corrected chi connectivity index (χ3v) is 14.1. The predicted octanol–water partition coefficient (Wildman–Crippen LogP) is 9.81. The maximum atomic E-state index is 14.0. The maximum Gasteiger partial charge on any atom is 0.414 e. The van der Waals surface area contributed by atoms with Gasteiger partial charge in [-0.1, -0.05) is 101 Å². The lowest BCUT2D eigenvalue weighted by Crippen LogP contribution is -2.57. The number of β-amino-alcohol motifs (C(OH)–C–C–N with tert-alkyl or cyclic N) is 1. The van der Waals surface area contributed by atoms with E-state index in [1.807, 2.05) is 103 Å². The van der Waals surface area contributed by atoms with Crippen LogP contribution >= 0.6 is 22.7 Å². The Hall–Kier alpha value is -5.78. The first-order valence-electron chi connectivity index (χ1n) is 24.2. The highest BCUT2D eigenvalue weighted by Gasteiger charge is 2.44. The molecule has 17 heteroatoms. The fourth-order valence-corrected chi connectivity index (χ4v) is 10.1. The molecule has 0 unspecified atom stereocenters. The van der Waals surface area contributed by atoms with Crippen LogP contribution in [0.4, 0.5) is 15.6 Å². The molecule has 0 radical (unpaired) electrons. The van der Waals surface area contributed by atoms with Crippen molar-refractivity contribution in [2.45, 2.75) is 150 Å². The molecule has 69 heavy (non-hydrogen) atoms. The van der Waals surface area contributed by atoms with Crippen LogP contribution in [0.1, 0.15) is 123 Å². The molecule has 370 valence electrons. The molecular weight excluding hydrogens is 913 g/mol. The van der Waals surface area contributed by atoms with Crippen LogP contribution in [0.25, 0.3) is 31.8 Å². The number of aryl methyl sites for hydroxylation is 1. The number of aromatic nitrogens is 3. The summed E-state index contributed by atoms with van der Waals surface area (Å²) in [5.41, 5.74) is 7.35. The summed E-state index contributed by atoms with van der Waals surface area (Å²) in [6.07, 6.45) is 10.1. The van der Waals surface area contributed by atoms with E-state index in [0.29, 0.717) is 36.6 Å². The second kappa shape index (κ2) is 24.7. The van der Waals surface area contributed by atoms with E-state index >= 15 is 0 Å². The third-order valence-electron chi connectivity index (χ3n) is 12.1. The van der Waals surface area contributed by atoms with E-state index in [4.69, 9.17) is 4.74 Å². The van der Waals surface area contributed by atoms with Gasteiger partial charge in [-0.05, 0) is 80.8 Å². The van der Waals surface area contributed by atoms with Gasteiger partial charge in [-0.2, -0.15) is 0 Å². The number of likely N-dealkylation sites (tertiary alicyclic amines) is 1. The van der Waals surface area contributed by atoms with Crippen LogP contribution in [0.2, 0.25) is 0 Å². The van der Waals surface area contributed by atoms with Crippen LogP contribution in [-0.4, -0.2) is 92.1 Å². The first-order valence-corrected chi connectivity index (χ1v) is 25.9. The molecule has 5 amide bonds. The Labute approximate surface area is 413 Å². The third kappa shape index (κ3) is 14.9. The molecule has 6 rings (SSSR count). The van der Waals surface area contributed by atoms with Gasteiger partial charge in [-0.15, -0.1) is 11.3 Å². The van der Waals surface area contributed by atoms with Gasteiger partial charge in [0.2, 0.25) is 23.6 Å². The number of fused-ring (bicyclic) bond motifs is 1. The van der Waals surface area contributed by atoms with Crippen molar-refractivity contribution in [1.29, 1.82) is 0 Å². The smallest absolute Gasteiger partial charge is 0.414 e. The Bertz CT molecular complexity index is 2540. The van der Waals surface area contributed by atoms with Gasteiger partial charge in [0.15, 0.2) is 5.13 Å². The molecule has 1 saturated heterocycles. The van der Waals surface area contributed by atoms with Crippen molar-refractivity contribution in [3.05, 3.63) is 77.7 Å². The molecule has 1 fully saturated rings. The topological polar surface area (TPSA) is 196 Å². The summed E-state index contributed by atoms with van der Waals surface area (Å²) in [6.45, 7) is 13.9. The number of thiazole rings is 2. The molecule has 1 aliphatic heterocycles. The number of hydrogen-bond acceptors (Lipinski definition) is 12. The molecule has 4 N–H and O–H groups in total. The number of unbranched alkanes of at least 4 members (excludes halogenated alkanes) is 7. The lowest BCUT2D eigenvalue weighted by Gasteiger charge is -2.35. The van der Waals surface area contributed by atoms with Crippen LogP contribution in [-0.2, 0) is 30.5 Å². The fraction of sp³-hybridized carbons (Fsp3) is 0.500. The highest BCUT2D eigenvalue weighted by Crippen LogP contribution is 2.33. The number of nitrogens with one attached hydrogen (secondary N) is 3.